The summed E-state index contributed by atoms with van der Waals surface area (Å²) in [7, 11) is 2.26. The normalized spacial score (nSPS) is 35.5. The van der Waals surface area contributed by atoms with Gasteiger partial charge in [0.15, 0.2) is 0 Å². The summed E-state index contributed by atoms with van der Waals surface area (Å²) in [4.78, 5) is 8.01. The molecule has 2 saturated heterocycles. The first kappa shape index (κ1) is 14.6. The Kier molecular flexibility index (Phi) is 4.79. The monoisotopic (exact) mass is 277 g/mol. The topological polar surface area (TPSA) is 9.72 Å². The van der Waals surface area contributed by atoms with E-state index >= 15 is 0 Å². The van der Waals surface area contributed by atoms with E-state index in [1.165, 1.54) is 64.8 Å². The summed E-state index contributed by atoms with van der Waals surface area (Å²) >= 11 is 0. The molecular formula is C17H31N3. The molecule has 0 saturated carbocycles. The van der Waals surface area contributed by atoms with Crippen LogP contribution < -0.4 is 0 Å². The number of hydrogen-bond donors (Lipinski definition) is 0. The number of nitrogens with zero attached hydrogens (tertiary/aromatic N) is 3. The minimum atomic E-state index is 0.728. The van der Waals surface area contributed by atoms with Gasteiger partial charge in [-0.25, -0.2) is 0 Å². The zero-order chi connectivity index (χ0) is 13.9. The summed E-state index contributed by atoms with van der Waals surface area (Å²) in [6.45, 7) is 8.82. The molecule has 3 heteroatoms. The molecule has 0 amide bonds. The van der Waals surface area contributed by atoms with Crippen LogP contribution in [0.1, 0.15) is 39.0 Å². The molecule has 2 unspecified atom stereocenters. The number of rotatable bonds is 2. The van der Waals surface area contributed by atoms with Crippen molar-refractivity contribution in [3.8, 4) is 0 Å². The van der Waals surface area contributed by atoms with E-state index < -0.39 is 0 Å². The van der Waals surface area contributed by atoms with Crippen molar-refractivity contribution < 1.29 is 0 Å². The van der Waals surface area contributed by atoms with Gasteiger partial charge in [0.1, 0.15) is 0 Å². The third-order valence-electron chi connectivity index (χ3n) is 5.57. The Balaban J connectivity index is 1.54. The molecule has 2 heterocycles. The van der Waals surface area contributed by atoms with Crippen molar-refractivity contribution in [3.05, 3.63) is 12.2 Å². The lowest BCUT2D eigenvalue weighted by Crippen LogP contribution is -2.58. The van der Waals surface area contributed by atoms with Crippen LogP contribution in [0.25, 0.3) is 0 Å². The third-order valence-corrected chi connectivity index (χ3v) is 5.57. The van der Waals surface area contributed by atoms with Crippen molar-refractivity contribution >= 4 is 0 Å². The van der Waals surface area contributed by atoms with Crippen molar-refractivity contribution in [2.24, 2.45) is 0 Å². The molecule has 0 aromatic rings. The van der Waals surface area contributed by atoms with Crippen LogP contribution in [0.15, 0.2) is 12.2 Å². The first-order chi connectivity index (χ1) is 9.74. The van der Waals surface area contributed by atoms with Gasteiger partial charge in [0, 0.05) is 37.8 Å². The van der Waals surface area contributed by atoms with Crippen molar-refractivity contribution in [2.45, 2.75) is 57.2 Å². The molecular weight excluding hydrogens is 246 g/mol. The van der Waals surface area contributed by atoms with Crippen LogP contribution in [0.4, 0.5) is 0 Å². The van der Waals surface area contributed by atoms with Crippen LogP contribution in [-0.4, -0.2) is 72.6 Å². The van der Waals surface area contributed by atoms with Crippen LogP contribution >= 0.6 is 0 Å². The lowest BCUT2D eigenvalue weighted by molar-refractivity contribution is 0.0145. The highest BCUT2D eigenvalue weighted by Gasteiger charge is 2.32. The molecule has 2 fully saturated rings. The van der Waals surface area contributed by atoms with Crippen molar-refractivity contribution in [1.29, 1.82) is 0 Å². The minimum Gasteiger partial charge on any atom is -0.306 e. The average Bonchev–Trinajstić information content (AvgIpc) is 2.49. The second-order valence-electron chi connectivity index (χ2n) is 7.04. The second-order valence-corrected chi connectivity index (χ2v) is 7.04. The van der Waals surface area contributed by atoms with Crippen molar-refractivity contribution in [2.75, 3.05) is 39.8 Å². The standard InChI is InChI=1S/C17H31N3/c1-15-14-19(16-6-4-3-5-7-16)12-13-20(15)17-8-10-18(2)11-9-17/h4,6,15-17H,3,5,7-14H2,1-2H3. The van der Waals surface area contributed by atoms with E-state index in [2.05, 4.69) is 40.8 Å². The number of piperidine rings is 1. The van der Waals surface area contributed by atoms with E-state index in [9.17, 15) is 0 Å². The largest absolute Gasteiger partial charge is 0.306 e. The van der Waals surface area contributed by atoms with Crippen LogP contribution in [-0.2, 0) is 0 Å². The lowest BCUT2D eigenvalue weighted by atomic mass is 9.97. The summed E-state index contributed by atoms with van der Waals surface area (Å²) < 4.78 is 0. The van der Waals surface area contributed by atoms with E-state index in [-0.39, 0.29) is 0 Å². The van der Waals surface area contributed by atoms with Crippen LogP contribution in [0, 0.1) is 0 Å². The first-order valence-corrected chi connectivity index (χ1v) is 8.59. The van der Waals surface area contributed by atoms with Gasteiger partial charge in [-0.1, -0.05) is 12.2 Å². The van der Waals surface area contributed by atoms with E-state index in [1.807, 2.05) is 0 Å². The number of hydrogen-bond acceptors (Lipinski definition) is 3. The lowest BCUT2D eigenvalue weighted by Gasteiger charge is -2.48. The third kappa shape index (κ3) is 3.26. The number of likely N-dealkylation sites (tertiary alicyclic amines) is 1. The summed E-state index contributed by atoms with van der Waals surface area (Å²) in [6, 6.07) is 2.29. The quantitative estimate of drug-likeness (QED) is 0.717. The van der Waals surface area contributed by atoms with Crippen molar-refractivity contribution in [1.82, 2.24) is 14.7 Å². The molecule has 0 aromatic carbocycles. The van der Waals surface area contributed by atoms with Gasteiger partial charge in [-0.3, -0.25) is 9.80 Å². The van der Waals surface area contributed by atoms with Gasteiger partial charge in [-0.15, -0.1) is 0 Å². The Bertz CT molecular complexity index is 333. The van der Waals surface area contributed by atoms with Crippen LogP contribution in [0.2, 0.25) is 0 Å². The van der Waals surface area contributed by atoms with Gasteiger partial charge >= 0.3 is 0 Å². The Labute approximate surface area is 124 Å². The molecule has 0 N–H and O–H groups in total. The highest BCUT2D eigenvalue weighted by molar-refractivity contribution is 5.00. The second kappa shape index (κ2) is 6.59. The molecule has 0 bridgehead atoms. The number of piperazine rings is 1. The molecule has 0 spiro atoms. The number of allylic oxidation sites excluding steroid dienone is 1. The Morgan fingerprint density at radius 2 is 1.80 bits per heavy atom. The summed E-state index contributed by atoms with van der Waals surface area (Å²) in [6.07, 6.45) is 11.6. The van der Waals surface area contributed by atoms with E-state index in [0.717, 1.165) is 18.1 Å². The van der Waals surface area contributed by atoms with Crippen LogP contribution in [0.3, 0.4) is 0 Å². The fourth-order valence-corrected chi connectivity index (χ4v) is 4.27. The van der Waals surface area contributed by atoms with Gasteiger partial charge in [-0.2, -0.15) is 0 Å². The Morgan fingerprint density at radius 1 is 1.00 bits per heavy atom. The molecule has 3 rings (SSSR count). The molecule has 0 radical (unpaired) electrons. The summed E-state index contributed by atoms with van der Waals surface area (Å²) in [5, 5.41) is 0. The highest BCUT2D eigenvalue weighted by atomic mass is 15.3. The molecule has 2 aliphatic heterocycles. The maximum atomic E-state index is 2.80. The molecule has 20 heavy (non-hydrogen) atoms. The Morgan fingerprint density at radius 3 is 2.45 bits per heavy atom. The van der Waals surface area contributed by atoms with Gasteiger partial charge in [0.25, 0.3) is 0 Å². The molecule has 2 atom stereocenters. The zero-order valence-corrected chi connectivity index (χ0v) is 13.3. The predicted octanol–water partition coefficient (Wildman–Crippen LogP) is 2.20. The van der Waals surface area contributed by atoms with E-state index in [1.54, 1.807) is 0 Å². The van der Waals surface area contributed by atoms with E-state index in [0.29, 0.717) is 0 Å². The first-order valence-electron chi connectivity index (χ1n) is 8.59. The fraction of sp³-hybridized carbons (Fsp3) is 0.882. The molecule has 1 aliphatic carbocycles. The zero-order valence-electron chi connectivity index (χ0n) is 13.3. The van der Waals surface area contributed by atoms with Gasteiger partial charge in [-0.05, 0) is 59.2 Å². The average molecular weight is 277 g/mol. The maximum absolute atomic E-state index is 2.80. The smallest absolute Gasteiger partial charge is 0.0279 e. The summed E-state index contributed by atoms with van der Waals surface area (Å²) in [5.41, 5.74) is 0. The van der Waals surface area contributed by atoms with Crippen LogP contribution in [0.5, 0.6) is 0 Å². The maximum Gasteiger partial charge on any atom is 0.0279 e. The molecule has 114 valence electrons. The van der Waals surface area contributed by atoms with Crippen molar-refractivity contribution in [3.63, 3.8) is 0 Å². The Hall–Kier alpha value is -0.380. The van der Waals surface area contributed by atoms with Gasteiger partial charge in [0.05, 0.1) is 0 Å². The predicted molar refractivity (Wildman–Crippen MR) is 85.0 cm³/mol. The molecule has 3 nitrogen and oxygen atoms in total. The SMILES string of the molecule is CC1CN(C2C=CCCC2)CCN1C1CCN(C)CC1. The van der Waals surface area contributed by atoms with E-state index in [4.69, 9.17) is 0 Å². The molecule has 3 aliphatic rings. The van der Waals surface area contributed by atoms with Gasteiger partial charge in [0.2, 0.25) is 0 Å². The minimum absolute atomic E-state index is 0.728. The van der Waals surface area contributed by atoms with Gasteiger partial charge < -0.3 is 4.90 Å². The highest BCUT2D eigenvalue weighted by Crippen LogP contribution is 2.24. The summed E-state index contributed by atoms with van der Waals surface area (Å²) in [5.74, 6) is 0. The molecule has 0 aromatic heterocycles. The fourth-order valence-electron chi connectivity index (χ4n) is 4.27.